The van der Waals surface area contributed by atoms with E-state index in [1.54, 1.807) is 12.6 Å². The molecule has 0 saturated heterocycles. The molecule has 3 aromatic rings. The average molecular weight is 301 g/mol. The van der Waals surface area contributed by atoms with E-state index in [0.29, 0.717) is 0 Å². The minimum absolute atomic E-state index is 0.0139. The van der Waals surface area contributed by atoms with Crippen molar-refractivity contribution in [2.75, 3.05) is 5.32 Å². The van der Waals surface area contributed by atoms with Gasteiger partial charge in [-0.05, 0) is 23.8 Å². The number of fused-ring (bicyclic) bond motifs is 1. The summed E-state index contributed by atoms with van der Waals surface area (Å²) in [5.74, 6) is 1.60. The summed E-state index contributed by atoms with van der Waals surface area (Å²) in [6.45, 7) is 0. The highest BCUT2D eigenvalue weighted by Crippen LogP contribution is 2.39. The van der Waals surface area contributed by atoms with Crippen molar-refractivity contribution in [3.8, 4) is 0 Å². The van der Waals surface area contributed by atoms with Gasteiger partial charge in [0.25, 0.3) is 0 Å². The number of hydrogen-bond acceptors (Lipinski definition) is 4. The van der Waals surface area contributed by atoms with Crippen molar-refractivity contribution in [2.24, 2.45) is 0 Å². The molecule has 21 heavy (non-hydrogen) atoms. The molecule has 0 aliphatic carbocycles. The van der Waals surface area contributed by atoms with Gasteiger partial charge in [0.1, 0.15) is 18.1 Å². The summed E-state index contributed by atoms with van der Waals surface area (Å²) >= 11 is 6.32. The lowest BCUT2D eigenvalue weighted by molar-refractivity contribution is 0.358. The number of halogens is 1. The van der Waals surface area contributed by atoms with E-state index >= 15 is 0 Å². The van der Waals surface area contributed by atoms with Crippen molar-refractivity contribution in [1.82, 2.24) is 14.8 Å². The molecule has 0 saturated carbocycles. The molecule has 0 amide bonds. The van der Waals surface area contributed by atoms with E-state index in [0.717, 1.165) is 28.7 Å². The summed E-state index contributed by atoms with van der Waals surface area (Å²) in [5, 5.41) is 8.44. The van der Waals surface area contributed by atoms with E-state index in [1.165, 1.54) is 0 Å². The Hall–Kier alpha value is -2.27. The van der Waals surface area contributed by atoms with Crippen LogP contribution in [0.25, 0.3) is 0 Å². The van der Waals surface area contributed by atoms with Gasteiger partial charge >= 0.3 is 0 Å². The van der Waals surface area contributed by atoms with Gasteiger partial charge in [-0.3, -0.25) is 0 Å². The molecule has 6 heteroatoms. The zero-order valence-corrected chi connectivity index (χ0v) is 11.9. The van der Waals surface area contributed by atoms with E-state index in [9.17, 15) is 0 Å². The van der Waals surface area contributed by atoms with E-state index in [-0.39, 0.29) is 12.1 Å². The minimum Gasteiger partial charge on any atom is -0.467 e. The maximum Gasteiger partial charge on any atom is 0.222 e. The molecular weight excluding hydrogens is 288 g/mol. The monoisotopic (exact) mass is 300 g/mol. The van der Waals surface area contributed by atoms with Crippen LogP contribution in [0.3, 0.4) is 0 Å². The molecule has 0 fully saturated rings. The Balaban J connectivity index is 1.76. The molecule has 5 nitrogen and oxygen atoms in total. The van der Waals surface area contributed by atoms with Crippen molar-refractivity contribution in [3.05, 3.63) is 65.3 Å². The molecule has 106 valence electrons. The first-order valence-corrected chi connectivity index (χ1v) is 7.14. The molecule has 1 aromatic carbocycles. The smallest absolute Gasteiger partial charge is 0.222 e. The van der Waals surface area contributed by atoms with Gasteiger partial charge in [-0.25, -0.2) is 4.68 Å². The summed E-state index contributed by atoms with van der Waals surface area (Å²) in [7, 11) is 0. The van der Waals surface area contributed by atoms with E-state index in [2.05, 4.69) is 15.4 Å². The van der Waals surface area contributed by atoms with Gasteiger partial charge in [-0.1, -0.05) is 29.8 Å². The third kappa shape index (κ3) is 2.10. The molecule has 0 radical (unpaired) electrons. The summed E-state index contributed by atoms with van der Waals surface area (Å²) in [6.07, 6.45) is 4.03. The Morgan fingerprint density at radius 3 is 2.95 bits per heavy atom. The van der Waals surface area contributed by atoms with Crippen LogP contribution in [0.4, 0.5) is 5.95 Å². The number of furan rings is 1. The number of benzene rings is 1. The molecule has 4 rings (SSSR count). The highest BCUT2D eigenvalue weighted by Gasteiger charge is 2.32. The quantitative estimate of drug-likeness (QED) is 0.784. The highest BCUT2D eigenvalue weighted by molar-refractivity contribution is 6.31. The van der Waals surface area contributed by atoms with Crippen LogP contribution in [0.2, 0.25) is 5.02 Å². The molecule has 1 aliphatic heterocycles. The number of aromatic nitrogens is 3. The number of rotatable bonds is 2. The first kappa shape index (κ1) is 12.5. The van der Waals surface area contributed by atoms with Crippen molar-refractivity contribution >= 4 is 17.5 Å². The summed E-state index contributed by atoms with van der Waals surface area (Å²) in [6, 6.07) is 11.8. The maximum absolute atomic E-state index is 6.32. The normalized spacial score (nSPS) is 20.8. The summed E-state index contributed by atoms with van der Waals surface area (Å²) in [5.41, 5.74) is 1.06. The van der Waals surface area contributed by atoms with Gasteiger partial charge in [0, 0.05) is 11.4 Å². The fourth-order valence-electron chi connectivity index (χ4n) is 2.80. The average Bonchev–Trinajstić information content (AvgIpc) is 3.18. The van der Waals surface area contributed by atoms with Crippen LogP contribution in [0.1, 0.15) is 29.8 Å². The second-order valence-corrected chi connectivity index (χ2v) is 5.42. The topological polar surface area (TPSA) is 55.9 Å². The van der Waals surface area contributed by atoms with Crippen molar-refractivity contribution in [2.45, 2.75) is 18.5 Å². The number of nitrogens with zero attached hydrogens (tertiary/aromatic N) is 3. The third-order valence-corrected chi connectivity index (χ3v) is 4.13. The SMILES string of the molecule is Clc1ccccc1[C@H]1C[C@H](c2ccco2)n2ncnc2N1. The van der Waals surface area contributed by atoms with Crippen molar-refractivity contribution in [3.63, 3.8) is 0 Å². The fraction of sp³-hybridized carbons (Fsp3) is 0.200. The lowest BCUT2D eigenvalue weighted by Gasteiger charge is -2.30. The lowest BCUT2D eigenvalue weighted by Crippen LogP contribution is -2.28. The van der Waals surface area contributed by atoms with E-state index in [1.807, 2.05) is 41.1 Å². The fourth-order valence-corrected chi connectivity index (χ4v) is 3.07. The summed E-state index contributed by atoms with van der Waals surface area (Å²) in [4.78, 5) is 4.28. The van der Waals surface area contributed by atoms with Gasteiger partial charge in [0.05, 0.1) is 12.3 Å². The maximum atomic E-state index is 6.32. The third-order valence-electron chi connectivity index (χ3n) is 3.78. The largest absolute Gasteiger partial charge is 0.467 e. The van der Waals surface area contributed by atoms with Crippen LogP contribution < -0.4 is 5.32 Å². The van der Waals surface area contributed by atoms with Crippen LogP contribution in [-0.2, 0) is 0 Å². The minimum atomic E-state index is 0.0139. The Kier molecular flexibility index (Phi) is 2.93. The van der Waals surface area contributed by atoms with Gasteiger partial charge in [0.2, 0.25) is 5.95 Å². The Morgan fingerprint density at radius 2 is 2.14 bits per heavy atom. The molecule has 3 heterocycles. The molecule has 1 aliphatic rings. The zero-order chi connectivity index (χ0) is 14.2. The van der Waals surface area contributed by atoms with Crippen molar-refractivity contribution < 1.29 is 4.42 Å². The predicted molar refractivity (Wildman–Crippen MR) is 79.3 cm³/mol. The van der Waals surface area contributed by atoms with Crippen molar-refractivity contribution in [1.29, 1.82) is 0 Å². The second kappa shape index (κ2) is 4.93. The Labute approximate surface area is 126 Å². The second-order valence-electron chi connectivity index (χ2n) is 5.01. The molecule has 0 unspecified atom stereocenters. The number of hydrogen-bond donors (Lipinski definition) is 1. The van der Waals surface area contributed by atoms with Gasteiger partial charge in [0.15, 0.2) is 0 Å². The van der Waals surface area contributed by atoms with Crippen LogP contribution in [0.5, 0.6) is 0 Å². The van der Waals surface area contributed by atoms with E-state index in [4.69, 9.17) is 16.0 Å². The number of anilines is 1. The van der Waals surface area contributed by atoms with Crippen LogP contribution in [-0.4, -0.2) is 14.8 Å². The first-order valence-electron chi connectivity index (χ1n) is 6.77. The van der Waals surface area contributed by atoms with Crippen LogP contribution >= 0.6 is 11.6 Å². The van der Waals surface area contributed by atoms with Gasteiger partial charge in [-0.15, -0.1) is 0 Å². The first-order chi connectivity index (χ1) is 10.3. The van der Waals surface area contributed by atoms with E-state index < -0.39 is 0 Å². The summed E-state index contributed by atoms with van der Waals surface area (Å²) < 4.78 is 7.42. The molecule has 1 N–H and O–H groups in total. The molecule has 2 atom stereocenters. The molecule has 2 aromatic heterocycles. The predicted octanol–water partition coefficient (Wildman–Crippen LogP) is 3.67. The van der Waals surface area contributed by atoms with Crippen LogP contribution in [0.15, 0.2) is 53.4 Å². The Bertz CT molecular complexity index is 753. The Morgan fingerprint density at radius 1 is 1.24 bits per heavy atom. The van der Waals surface area contributed by atoms with Crippen LogP contribution in [0, 0.1) is 0 Å². The van der Waals surface area contributed by atoms with Gasteiger partial charge in [-0.2, -0.15) is 10.1 Å². The zero-order valence-electron chi connectivity index (χ0n) is 11.1. The molecule has 0 spiro atoms. The molecular formula is C15H13ClN4O. The molecule has 0 bridgehead atoms. The highest BCUT2D eigenvalue weighted by atomic mass is 35.5. The number of nitrogens with one attached hydrogen (secondary N) is 1. The lowest BCUT2D eigenvalue weighted by atomic mass is 9.96. The standard InChI is InChI=1S/C15H13ClN4O/c16-11-5-2-1-4-10(11)12-8-13(14-6-3-7-21-14)20-15(19-12)17-9-18-20/h1-7,9,12-13H,8H2,(H,17,18,19)/t12-,13-/m1/s1. The van der Waals surface area contributed by atoms with Gasteiger partial charge < -0.3 is 9.73 Å².